The molecule has 1 aliphatic heterocycles. The molecule has 2 rings (SSSR count). The monoisotopic (exact) mass is 225 g/mol. The summed E-state index contributed by atoms with van der Waals surface area (Å²) in [5.41, 5.74) is 0.974. The molecule has 1 unspecified atom stereocenters. The lowest BCUT2D eigenvalue weighted by Gasteiger charge is -2.21. The second-order valence-corrected chi connectivity index (χ2v) is 4.28. The lowest BCUT2D eigenvalue weighted by atomic mass is 10.2. The van der Waals surface area contributed by atoms with E-state index in [1.165, 1.54) is 6.42 Å². The normalized spacial score (nSPS) is 20.8. The van der Waals surface area contributed by atoms with Crippen molar-refractivity contribution in [2.45, 2.75) is 25.6 Å². The Morgan fingerprint density at radius 2 is 2.56 bits per heavy atom. The van der Waals surface area contributed by atoms with E-state index in [1.54, 1.807) is 7.11 Å². The van der Waals surface area contributed by atoms with Gasteiger partial charge in [0.1, 0.15) is 6.61 Å². The van der Waals surface area contributed by atoms with Crippen LogP contribution >= 0.6 is 0 Å². The minimum absolute atomic E-state index is 0.488. The molecular weight excluding hydrogens is 206 g/mol. The minimum atomic E-state index is 0.488. The smallest absolute Gasteiger partial charge is 0.162 e. The molecule has 1 aliphatic rings. The van der Waals surface area contributed by atoms with Crippen molar-refractivity contribution in [3.63, 3.8) is 0 Å². The van der Waals surface area contributed by atoms with E-state index in [2.05, 4.69) is 22.4 Å². The Kier molecular flexibility index (Phi) is 3.93. The molecule has 0 amide bonds. The predicted molar refractivity (Wildman–Crippen MR) is 60.0 cm³/mol. The number of aromatic nitrogens is 1. The molecule has 1 atom stereocenters. The molecular formula is C11H19N3O2. The van der Waals surface area contributed by atoms with E-state index in [4.69, 9.17) is 9.26 Å². The van der Waals surface area contributed by atoms with Gasteiger partial charge in [0.2, 0.25) is 0 Å². The number of likely N-dealkylation sites (N-methyl/N-ethyl adjacent to an activating group) is 1. The maximum atomic E-state index is 5.15. The van der Waals surface area contributed by atoms with E-state index in [1.807, 2.05) is 6.07 Å². The lowest BCUT2D eigenvalue weighted by Crippen LogP contribution is -2.32. The van der Waals surface area contributed by atoms with Crippen LogP contribution in [-0.4, -0.2) is 43.3 Å². The number of hydrogen-bond donors (Lipinski definition) is 1. The highest BCUT2D eigenvalue weighted by molar-refractivity contribution is 5.04. The number of methoxy groups -OCH3 is 1. The lowest BCUT2D eigenvalue weighted by molar-refractivity contribution is 0.155. The molecule has 5 nitrogen and oxygen atoms in total. The molecule has 1 aromatic heterocycles. The molecule has 0 saturated carbocycles. The molecule has 1 aromatic rings. The number of nitrogens with zero attached hydrogens (tertiary/aromatic N) is 2. The average molecular weight is 225 g/mol. The van der Waals surface area contributed by atoms with Crippen molar-refractivity contribution in [3.05, 3.63) is 17.5 Å². The van der Waals surface area contributed by atoms with Crippen molar-refractivity contribution in [1.82, 2.24) is 15.4 Å². The molecule has 1 saturated heterocycles. The summed E-state index contributed by atoms with van der Waals surface area (Å²) in [4.78, 5) is 2.31. The fourth-order valence-electron chi connectivity index (χ4n) is 2.04. The number of nitrogens with one attached hydrogen (secondary N) is 1. The molecule has 1 N–H and O–H groups in total. The largest absolute Gasteiger partial charge is 0.377 e. The predicted octanol–water partition coefficient (Wildman–Crippen LogP) is 0.615. The highest BCUT2D eigenvalue weighted by atomic mass is 16.5. The summed E-state index contributed by atoms with van der Waals surface area (Å²) < 4.78 is 10.1. The Morgan fingerprint density at radius 1 is 1.69 bits per heavy atom. The van der Waals surface area contributed by atoms with E-state index >= 15 is 0 Å². The third kappa shape index (κ3) is 2.81. The number of hydrogen-bond acceptors (Lipinski definition) is 5. The maximum Gasteiger partial charge on any atom is 0.162 e. The molecule has 5 heteroatoms. The van der Waals surface area contributed by atoms with Gasteiger partial charge in [-0.3, -0.25) is 4.90 Å². The van der Waals surface area contributed by atoms with Crippen LogP contribution in [0.3, 0.4) is 0 Å². The van der Waals surface area contributed by atoms with Gasteiger partial charge in [-0.25, -0.2) is 0 Å². The van der Waals surface area contributed by atoms with Crippen molar-refractivity contribution >= 4 is 0 Å². The van der Waals surface area contributed by atoms with Crippen molar-refractivity contribution in [2.75, 3.05) is 27.2 Å². The summed E-state index contributed by atoms with van der Waals surface area (Å²) in [5, 5.41) is 7.39. The van der Waals surface area contributed by atoms with Gasteiger partial charge in [0.15, 0.2) is 5.76 Å². The first-order valence-electron chi connectivity index (χ1n) is 5.64. The van der Waals surface area contributed by atoms with Crippen LogP contribution in [0, 0.1) is 0 Å². The van der Waals surface area contributed by atoms with Crippen LogP contribution < -0.4 is 5.32 Å². The Balaban J connectivity index is 1.87. The molecule has 1 fully saturated rings. The second-order valence-electron chi connectivity index (χ2n) is 4.28. The molecule has 0 spiro atoms. The molecule has 2 heterocycles. The topological polar surface area (TPSA) is 50.5 Å². The molecule has 0 aliphatic carbocycles. The zero-order valence-corrected chi connectivity index (χ0v) is 9.90. The van der Waals surface area contributed by atoms with Crippen LogP contribution in [0.1, 0.15) is 17.9 Å². The minimum Gasteiger partial charge on any atom is -0.377 e. The van der Waals surface area contributed by atoms with Crippen molar-refractivity contribution in [1.29, 1.82) is 0 Å². The van der Waals surface area contributed by atoms with Crippen LogP contribution in [-0.2, 0) is 17.9 Å². The quantitative estimate of drug-likeness (QED) is 0.796. The second kappa shape index (κ2) is 5.43. The summed E-state index contributed by atoms with van der Waals surface area (Å²) in [6.07, 6.45) is 1.21. The Morgan fingerprint density at radius 3 is 3.25 bits per heavy atom. The van der Waals surface area contributed by atoms with E-state index in [-0.39, 0.29) is 0 Å². The van der Waals surface area contributed by atoms with E-state index in [0.29, 0.717) is 12.6 Å². The van der Waals surface area contributed by atoms with Gasteiger partial charge in [-0.05, 0) is 20.0 Å². The van der Waals surface area contributed by atoms with Gasteiger partial charge in [-0.15, -0.1) is 0 Å². The molecule has 0 bridgehead atoms. The Labute approximate surface area is 95.7 Å². The van der Waals surface area contributed by atoms with Crippen LogP contribution in [0.2, 0.25) is 0 Å². The van der Waals surface area contributed by atoms with Crippen LogP contribution in [0.5, 0.6) is 0 Å². The third-order valence-corrected chi connectivity index (χ3v) is 2.96. The van der Waals surface area contributed by atoms with Crippen LogP contribution in [0.25, 0.3) is 0 Å². The highest BCUT2D eigenvalue weighted by Crippen LogP contribution is 2.12. The van der Waals surface area contributed by atoms with E-state index in [0.717, 1.165) is 31.1 Å². The van der Waals surface area contributed by atoms with Crippen molar-refractivity contribution in [3.8, 4) is 0 Å². The van der Waals surface area contributed by atoms with Gasteiger partial charge in [-0.2, -0.15) is 0 Å². The molecule has 16 heavy (non-hydrogen) atoms. The van der Waals surface area contributed by atoms with Crippen LogP contribution in [0.15, 0.2) is 10.6 Å². The SMILES string of the molecule is COCc1cc(CN(C)C2CCNC2)no1. The first kappa shape index (κ1) is 11.6. The summed E-state index contributed by atoms with van der Waals surface area (Å²) in [5.74, 6) is 0.787. The van der Waals surface area contributed by atoms with Crippen LogP contribution in [0.4, 0.5) is 0 Å². The van der Waals surface area contributed by atoms with Crippen molar-refractivity contribution in [2.24, 2.45) is 0 Å². The molecule has 0 aromatic carbocycles. The van der Waals surface area contributed by atoms with E-state index < -0.39 is 0 Å². The number of ether oxygens (including phenoxy) is 1. The summed E-state index contributed by atoms with van der Waals surface area (Å²) in [6, 6.07) is 2.57. The fraction of sp³-hybridized carbons (Fsp3) is 0.727. The van der Waals surface area contributed by atoms with E-state index in [9.17, 15) is 0 Å². The van der Waals surface area contributed by atoms with Gasteiger partial charge < -0.3 is 14.6 Å². The first-order valence-corrected chi connectivity index (χ1v) is 5.64. The first-order chi connectivity index (χ1) is 7.79. The zero-order valence-electron chi connectivity index (χ0n) is 9.90. The third-order valence-electron chi connectivity index (χ3n) is 2.96. The Hall–Kier alpha value is -0.910. The van der Waals surface area contributed by atoms with Crippen molar-refractivity contribution < 1.29 is 9.26 Å². The molecule has 90 valence electrons. The fourth-order valence-corrected chi connectivity index (χ4v) is 2.04. The summed E-state index contributed by atoms with van der Waals surface area (Å²) >= 11 is 0. The Bertz CT molecular complexity index is 321. The number of rotatable bonds is 5. The average Bonchev–Trinajstić information content (AvgIpc) is 2.89. The summed E-state index contributed by atoms with van der Waals surface area (Å²) in [7, 11) is 3.78. The maximum absolute atomic E-state index is 5.15. The summed E-state index contributed by atoms with van der Waals surface area (Å²) in [6.45, 7) is 3.50. The zero-order chi connectivity index (χ0) is 11.4. The molecule has 0 radical (unpaired) electrons. The van der Waals surface area contributed by atoms with Gasteiger partial charge in [0.25, 0.3) is 0 Å². The standard InChI is InChI=1S/C11H19N3O2/c1-14(10-3-4-12-6-10)7-9-5-11(8-15-2)16-13-9/h5,10,12H,3-4,6-8H2,1-2H3. The highest BCUT2D eigenvalue weighted by Gasteiger charge is 2.20. The van der Waals surface area contributed by atoms with Gasteiger partial charge >= 0.3 is 0 Å². The van der Waals surface area contributed by atoms with Gasteiger partial charge in [0, 0.05) is 32.3 Å². The van der Waals surface area contributed by atoms with Gasteiger partial charge in [0.05, 0.1) is 5.69 Å². The van der Waals surface area contributed by atoms with Gasteiger partial charge in [-0.1, -0.05) is 5.16 Å².